The first kappa shape index (κ1) is 22.2. The van der Waals surface area contributed by atoms with Crippen molar-refractivity contribution in [1.29, 1.82) is 0 Å². The molecule has 0 aromatic carbocycles. The number of aliphatic hydroxyl groups is 5. The minimum Gasteiger partial charge on any atom is -0.463 e. The Hall–Kier alpha value is -0.810. The van der Waals surface area contributed by atoms with Crippen LogP contribution in [0.1, 0.15) is 39.0 Å². The lowest BCUT2D eigenvalue weighted by Crippen LogP contribution is -2.60. The van der Waals surface area contributed by atoms with E-state index in [1.165, 1.54) is 0 Å². The van der Waals surface area contributed by atoms with Gasteiger partial charge in [-0.3, -0.25) is 4.79 Å². The van der Waals surface area contributed by atoms with Crippen LogP contribution in [0.25, 0.3) is 0 Å². The van der Waals surface area contributed by atoms with Crippen molar-refractivity contribution in [3.8, 4) is 0 Å². The monoisotopic (exact) mass is 366 g/mol. The summed E-state index contributed by atoms with van der Waals surface area (Å²) in [5.74, 6) is -0.437. The van der Waals surface area contributed by atoms with E-state index in [0.29, 0.717) is 6.42 Å². The van der Waals surface area contributed by atoms with E-state index >= 15 is 0 Å². The number of ether oxygens (including phenoxy) is 3. The van der Waals surface area contributed by atoms with Crippen molar-refractivity contribution < 1.29 is 44.5 Å². The smallest absolute Gasteiger partial charge is 0.305 e. The van der Waals surface area contributed by atoms with E-state index in [9.17, 15) is 20.1 Å². The standard InChI is InChI=1S/C16H30O9/c1-2-3-4-5-6-12(19)23-9-11-13(20)14(21)15(22)16(25-11)24-10(7-17)8-18/h10-11,13-18,20-22H,2-9H2,1H3/t11-,13+,14+,15-,16-/m1/s1. The Morgan fingerprint density at radius 3 is 2.32 bits per heavy atom. The molecule has 1 aliphatic heterocycles. The van der Waals surface area contributed by atoms with Crippen LogP contribution in [0.3, 0.4) is 0 Å². The molecular weight excluding hydrogens is 336 g/mol. The molecule has 25 heavy (non-hydrogen) atoms. The van der Waals surface area contributed by atoms with Crippen LogP contribution >= 0.6 is 0 Å². The van der Waals surface area contributed by atoms with Gasteiger partial charge in [-0.2, -0.15) is 0 Å². The molecule has 0 saturated carbocycles. The minimum absolute atomic E-state index is 0.255. The first-order valence-corrected chi connectivity index (χ1v) is 8.67. The predicted octanol–water partition coefficient (Wildman–Crippen LogP) is -1.32. The lowest BCUT2D eigenvalue weighted by atomic mass is 9.99. The molecule has 0 spiro atoms. The highest BCUT2D eigenvalue weighted by atomic mass is 16.7. The van der Waals surface area contributed by atoms with E-state index in [2.05, 4.69) is 6.92 Å². The van der Waals surface area contributed by atoms with E-state index in [1.807, 2.05) is 0 Å². The highest BCUT2D eigenvalue weighted by Crippen LogP contribution is 2.23. The molecule has 0 amide bonds. The summed E-state index contributed by atoms with van der Waals surface area (Å²) in [6, 6.07) is 0. The Morgan fingerprint density at radius 2 is 1.72 bits per heavy atom. The van der Waals surface area contributed by atoms with Crippen LogP contribution in [-0.2, 0) is 19.0 Å². The van der Waals surface area contributed by atoms with Crippen LogP contribution < -0.4 is 0 Å². The van der Waals surface area contributed by atoms with Crippen molar-refractivity contribution in [2.24, 2.45) is 0 Å². The van der Waals surface area contributed by atoms with Crippen LogP contribution in [-0.4, -0.2) is 88.1 Å². The van der Waals surface area contributed by atoms with Crippen molar-refractivity contribution in [2.45, 2.75) is 75.8 Å². The fourth-order valence-electron chi connectivity index (χ4n) is 2.44. The molecule has 5 atom stereocenters. The first-order valence-electron chi connectivity index (χ1n) is 8.67. The molecule has 1 saturated heterocycles. The topological polar surface area (TPSA) is 146 Å². The zero-order valence-corrected chi connectivity index (χ0v) is 14.5. The SMILES string of the molecule is CCCCCCC(=O)OC[C@H]1O[C@@H](OC(CO)CO)[C@H](O)[C@@H](O)[C@H]1O. The number of unbranched alkanes of at least 4 members (excludes halogenated alkanes) is 3. The molecule has 148 valence electrons. The van der Waals surface area contributed by atoms with Crippen LogP contribution in [0.5, 0.6) is 0 Å². The summed E-state index contributed by atoms with van der Waals surface area (Å²) in [5, 5.41) is 47.8. The molecule has 1 rings (SSSR count). The molecule has 0 radical (unpaired) electrons. The summed E-state index contributed by atoms with van der Waals surface area (Å²) in [5.41, 5.74) is 0. The third-order valence-electron chi connectivity index (χ3n) is 4.05. The van der Waals surface area contributed by atoms with Gasteiger partial charge in [0.05, 0.1) is 13.2 Å². The minimum atomic E-state index is -1.58. The Bertz CT molecular complexity index is 375. The maximum absolute atomic E-state index is 11.7. The van der Waals surface area contributed by atoms with Gasteiger partial charge < -0.3 is 39.7 Å². The molecule has 1 heterocycles. The van der Waals surface area contributed by atoms with Gasteiger partial charge in [0, 0.05) is 6.42 Å². The summed E-state index contributed by atoms with van der Waals surface area (Å²) < 4.78 is 15.5. The highest BCUT2D eigenvalue weighted by molar-refractivity contribution is 5.69. The molecule has 1 fully saturated rings. The second-order valence-corrected chi connectivity index (χ2v) is 6.13. The van der Waals surface area contributed by atoms with Crippen LogP contribution in [0.15, 0.2) is 0 Å². The molecule has 0 aromatic rings. The largest absolute Gasteiger partial charge is 0.463 e. The average Bonchev–Trinajstić information content (AvgIpc) is 2.62. The third kappa shape index (κ3) is 7.14. The zero-order valence-electron chi connectivity index (χ0n) is 14.5. The van der Waals surface area contributed by atoms with E-state index in [1.54, 1.807) is 0 Å². The number of hydrogen-bond donors (Lipinski definition) is 5. The maximum atomic E-state index is 11.7. The fraction of sp³-hybridized carbons (Fsp3) is 0.938. The number of esters is 1. The Morgan fingerprint density at radius 1 is 1.04 bits per heavy atom. The first-order chi connectivity index (χ1) is 11.9. The number of aliphatic hydroxyl groups excluding tert-OH is 5. The second-order valence-electron chi connectivity index (χ2n) is 6.13. The summed E-state index contributed by atoms with van der Waals surface area (Å²) in [4.78, 5) is 11.7. The van der Waals surface area contributed by atoms with Crippen molar-refractivity contribution in [3.63, 3.8) is 0 Å². The van der Waals surface area contributed by atoms with Gasteiger partial charge in [-0.15, -0.1) is 0 Å². The van der Waals surface area contributed by atoms with E-state index in [-0.39, 0.29) is 13.0 Å². The lowest BCUT2D eigenvalue weighted by Gasteiger charge is -2.40. The second kappa shape index (κ2) is 11.7. The Kier molecular flexibility index (Phi) is 10.4. The molecule has 9 heteroatoms. The molecule has 1 aliphatic rings. The summed E-state index contributed by atoms with van der Waals surface area (Å²) in [7, 11) is 0. The molecule has 0 aromatic heterocycles. The van der Waals surface area contributed by atoms with Crippen molar-refractivity contribution in [1.82, 2.24) is 0 Å². The van der Waals surface area contributed by atoms with Gasteiger partial charge in [-0.05, 0) is 6.42 Å². The Balaban J connectivity index is 2.49. The molecule has 0 bridgehead atoms. The van der Waals surface area contributed by atoms with Gasteiger partial charge in [0.25, 0.3) is 0 Å². The van der Waals surface area contributed by atoms with Gasteiger partial charge in [-0.25, -0.2) is 0 Å². The predicted molar refractivity (Wildman–Crippen MR) is 85.4 cm³/mol. The van der Waals surface area contributed by atoms with Crippen LogP contribution in [0, 0.1) is 0 Å². The van der Waals surface area contributed by atoms with Crippen molar-refractivity contribution >= 4 is 5.97 Å². The zero-order chi connectivity index (χ0) is 18.8. The number of carbonyl (C=O) groups excluding carboxylic acids is 1. The quantitative estimate of drug-likeness (QED) is 0.222. The van der Waals surface area contributed by atoms with Gasteiger partial charge in [0.1, 0.15) is 37.1 Å². The summed E-state index contributed by atoms with van der Waals surface area (Å²) in [6.45, 7) is 0.731. The van der Waals surface area contributed by atoms with Gasteiger partial charge in [-0.1, -0.05) is 26.2 Å². The highest BCUT2D eigenvalue weighted by Gasteiger charge is 2.45. The number of hydrogen-bond acceptors (Lipinski definition) is 9. The van der Waals surface area contributed by atoms with Crippen molar-refractivity contribution in [2.75, 3.05) is 19.8 Å². The van der Waals surface area contributed by atoms with Gasteiger partial charge >= 0.3 is 5.97 Å². The summed E-state index contributed by atoms with van der Waals surface area (Å²) >= 11 is 0. The van der Waals surface area contributed by atoms with E-state index in [0.717, 1.165) is 19.3 Å². The average molecular weight is 366 g/mol. The van der Waals surface area contributed by atoms with E-state index < -0.39 is 56.0 Å². The lowest BCUT2D eigenvalue weighted by molar-refractivity contribution is -0.315. The fourth-order valence-corrected chi connectivity index (χ4v) is 2.44. The van der Waals surface area contributed by atoms with Crippen LogP contribution in [0.2, 0.25) is 0 Å². The Labute approximate surface area is 147 Å². The number of carbonyl (C=O) groups is 1. The van der Waals surface area contributed by atoms with Gasteiger partial charge in [0.2, 0.25) is 0 Å². The third-order valence-corrected chi connectivity index (χ3v) is 4.05. The van der Waals surface area contributed by atoms with Gasteiger partial charge in [0.15, 0.2) is 6.29 Å². The number of rotatable bonds is 11. The molecule has 5 N–H and O–H groups in total. The molecule has 0 unspecified atom stereocenters. The normalized spacial score (nSPS) is 29.8. The molecular formula is C16H30O9. The van der Waals surface area contributed by atoms with Crippen molar-refractivity contribution in [3.05, 3.63) is 0 Å². The maximum Gasteiger partial charge on any atom is 0.305 e. The molecule has 0 aliphatic carbocycles. The molecule has 9 nitrogen and oxygen atoms in total. The van der Waals surface area contributed by atoms with Crippen LogP contribution in [0.4, 0.5) is 0 Å². The summed E-state index contributed by atoms with van der Waals surface area (Å²) in [6.07, 6.45) is -4.11. The van der Waals surface area contributed by atoms with E-state index in [4.69, 9.17) is 24.4 Å².